The van der Waals surface area contributed by atoms with Crippen LogP contribution in [0.5, 0.6) is 5.75 Å². The summed E-state index contributed by atoms with van der Waals surface area (Å²) in [6.07, 6.45) is 3.30. The maximum Gasteiger partial charge on any atom is 0.274 e. The average Bonchev–Trinajstić information content (AvgIpc) is 2.38. The molecule has 1 heterocycles. The van der Waals surface area contributed by atoms with E-state index in [-0.39, 0.29) is 17.4 Å². The zero-order valence-corrected chi connectivity index (χ0v) is 10.8. The van der Waals surface area contributed by atoms with Gasteiger partial charge in [0.2, 0.25) is 0 Å². The molecular formula is C14H19F2NO. The molecule has 1 atom stereocenters. The highest BCUT2D eigenvalue weighted by atomic mass is 19.3. The Kier molecular flexibility index (Phi) is 3.85. The number of halogens is 2. The van der Waals surface area contributed by atoms with Crippen molar-refractivity contribution in [1.29, 1.82) is 0 Å². The fourth-order valence-corrected chi connectivity index (χ4v) is 2.42. The van der Waals surface area contributed by atoms with E-state index in [0.29, 0.717) is 0 Å². The molecule has 1 aromatic rings. The highest BCUT2D eigenvalue weighted by Gasteiger charge is 2.29. The molecule has 1 unspecified atom stereocenters. The molecule has 1 aliphatic rings. The topological polar surface area (TPSA) is 21.3 Å². The van der Waals surface area contributed by atoms with Crippen LogP contribution in [-0.2, 0) is 5.92 Å². The number of piperidine rings is 1. The molecule has 2 nitrogen and oxygen atoms in total. The van der Waals surface area contributed by atoms with Gasteiger partial charge in [0.1, 0.15) is 5.75 Å². The van der Waals surface area contributed by atoms with E-state index in [1.54, 1.807) is 12.1 Å². The van der Waals surface area contributed by atoms with Crippen molar-refractivity contribution in [1.82, 2.24) is 5.32 Å². The van der Waals surface area contributed by atoms with Gasteiger partial charge in [0.05, 0.1) is 12.7 Å². The van der Waals surface area contributed by atoms with E-state index >= 15 is 0 Å². The summed E-state index contributed by atoms with van der Waals surface area (Å²) in [5, 5.41) is 3.37. The maximum absolute atomic E-state index is 13.5. The lowest BCUT2D eigenvalue weighted by atomic mass is 9.94. The van der Waals surface area contributed by atoms with Crippen LogP contribution in [0.25, 0.3) is 0 Å². The number of nitrogens with one attached hydrogen (secondary N) is 1. The van der Waals surface area contributed by atoms with Gasteiger partial charge in [-0.05, 0) is 37.1 Å². The summed E-state index contributed by atoms with van der Waals surface area (Å²) in [5.41, 5.74) is 0.891. The van der Waals surface area contributed by atoms with Crippen molar-refractivity contribution in [3.05, 3.63) is 29.3 Å². The Labute approximate surface area is 106 Å². The third-order valence-corrected chi connectivity index (χ3v) is 3.41. The average molecular weight is 255 g/mol. The molecule has 0 spiro atoms. The van der Waals surface area contributed by atoms with Gasteiger partial charge >= 0.3 is 0 Å². The number of hydrogen-bond acceptors (Lipinski definition) is 2. The smallest absolute Gasteiger partial charge is 0.274 e. The third kappa shape index (κ3) is 2.80. The Morgan fingerprint density at radius 3 is 2.67 bits per heavy atom. The number of rotatable bonds is 3. The van der Waals surface area contributed by atoms with Crippen LogP contribution in [0.15, 0.2) is 18.2 Å². The van der Waals surface area contributed by atoms with Crippen molar-refractivity contribution in [2.45, 2.75) is 38.2 Å². The van der Waals surface area contributed by atoms with Crippen molar-refractivity contribution in [3.63, 3.8) is 0 Å². The molecular weight excluding hydrogens is 236 g/mol. The quantitative estimate of drug-likeness (QED) is 0.890. The zero-order valence-electron chi connectivity index (χ0n) is 10.8. The van der Waals surface area contributed by atoms with Crippen LogP contribution < -0.4 is 10.1 Å². The van der Waals surface area contributed by atoms with Gasteiger partial charge in [0, 0.05) is 13.0 Å². The molecule has 0 amide bonds. The second-order valence-corrected chi connectivity index (χ2v) is 4.85. The first-order valence-electron chi connectivity index (χ1n) is 6.32. The molecule has 0 radical (unpaired) electrons. The Balaban J connectivity index is 2.33. The fourth-order valence-electron chi connectivity index (χ4n) is 2.42. The molecule has 1 aromatic carbocycles. The van der Waals surface area contributed by atoms with Crippen LogP contribution in [0.2, 0.25) is 0 Å². The minimum Gasteiger partial charge on any atom is -0.496 e. The Morgan fingerprint density at radius 2 is 2.11 bits per heavy atom. The number of ether oxygens (including phenoxy) is 1. The molecule has 0 aliphatic carbocycles. The van der Waals surface area contributed by atoms with Crippen LogP contribution in [0.4, 0.5) is 8.78 Å². The Hall–Kier alpha value is -1.16. The maximum atomic E-state index is 13.5. The van der Waals surface area contributed by atoms with Crippen LogP contribution in [0, 0.1) is 0 Å². The molecule has 2 rings (SSSR count). The molecule has 1 saturated heterocycles. The van der Waals surface area contributed by atoms with Crippen molar-refractivity contribution in [2.75, 3.05) is 13.7 Å². The summed E-state index contributed by atoms with van der Waals surface area (Å²) in [6, 6.07) is 5.27. The fraction of sp³-hybridized carbons (Fsp3) is 0.571. The van der Waals surface area contributed by atoms with Gasteiger partial charge in [0.15, 0.2) is 0 Å². The minimum absolute atomic E-state index is 0.0325. The van der Waals surface area contributed by atoms with Crippen LogP contribution in [0.1, 0.15) is 43.4 Å². The molecule has 100 valence electrons. The second kappa shape index (κ2) is 5.22. The van der Waals surface area contributed by atoms with Gasteiger partial charge in [-0.15, -0.1) is 0 Å². The summed E-state index contributed by atoms with van der Waals surface area (Å²) in [4.78, 5) is 0. The van der Waals surface area contributed by atoms with E-state index in [1.165, 1.54) is 7.11 Å². The van der Waals surface area contributed by atoms with Crippen molar-refractivity contribution >= 4 is 0 Å². The lowest BCUT2D eigenvalue weighted by molar-refractivity contribution is 0.0149. The van der Waals surface area contributed by atoms with Crippen LogP contribution >= 0.6 is 0 Å². The van der Waals surface area contributed by atoms with E-state index < -0.39 is 5.92 Å². The molecule has 1 N–H and O–H groups in total. The number of hydrogen-bond donors (Lipinski definition) is 1. The summed E-state index contributed by atoms with van der Waals surface area (Å²) < 4.78 is 32.1. The van der Waals surface area contributed by atoms with E-state index in [0.717, 1.165) is 38.3 Å². The van der Waals surface area contributed by atoms with E-state index in [2.05, 4.69) is 5.32 Å². The summed E-state index contributed by atoms with van der Waals surface area (Å²) >= 11 is 0. The Bertz CT molecular complexity index is 409. The van der Waals surface area contributed by atoms with Crippen LogP contribution in [0.3, 0.4) is 0 Å². The SMILES string of the molecule is COc1ccc(C2CCCCN2)cc1C(C)(F)F. The van der Waals surface area contributed by atoms with Crippen molar-refractivity contribution < 1.29 is 13.5 Å². The summed E-state index contributed by atoms with van der Waals surface area (Å²) in [5.74, 6) is -2.63. The van der Waals surface area contributed by atoms with Crippen LogP contribution in [-0.4, -0.2) is 13.7 Å². The molecule has 0 saturated carbocycles. The first kappa shape index (κ1) is 13.3. The van der Waals surface area contributed by atoms with E-state index in [4.69, 9.17) is 4.74 Å². The molecule has 4 heteroatoms. The van der Waals surface area contributed by atoms with Gasteiger partial charge < -0.3 is 10.1 Å². The van der Waals surface area contributed by atoms with Gasteiger partial charge in [-0.3, -0.25) is 0 Å². The normalized spacial score (nSPS) is 20.8. The van der Waals surface area contributed by atoms with Crippen molar-refractivity contribution in [3.8, 4) is 5.75 Å². The number of benzene rings is 1. The van der Waals surface area contributed by atoms with E-state index in [1.807, 2.05) is 6.07 Å². The highest BCUT2D eigenvalue weighted by molar-refractivity contribution is 5.41. The third-order valence-electron chi connectivity index (χ3n) is 3.41. The highest BCUT2D eigenvalue weighted by Crippen LogP contribution is 2.37. The second-order valence-electron chi connectivity index (χ2n) is 4.85. The monoisotopic (exact) mass is 255 g/mol. The van der Waals surface area contributed by atoms with Gasteiger partial charge in [-0.2, -0.15) is 0 Å². The largest absolute Gasteiger partial charge is 0.496 e. The predicted molar refractivity (Wildman–Crippen MR) is 67.2 cm³/mol. The molecule has 1 fully saturated rings. The first-order chi connectivity index (χ1) is 8.52. The summed E-state index contributed by atoms with van der Waals surface area (Å²) in [7, 11) is 1.42. The first-order valence-corrected chi connectivity index (χ1v) is 6.32. The minimum atomic E-state index is -2.88. The number of methoxy groups -OCH3 is 1. The lowest BCUT2D eigenvalue weighted by Crippen LogP contribution is -2.27. The molecule has 0 bridgehead atoms. The number of alkyl halides is 2. The van der Waals surface area contributed by atoms with Gasteiger partial charge in [-0.25, -0.2) is 8.78 Å². The summed E-state index contributed by atoms with van der Waals surface area (Å²) in [6.45, 7) is 1.86. The van der Waals surface area contributed by atoms with Gasteiger partial charge in [0.25, 0.3) is 5.92 Å². The van der Waals surface area contributed by atoms with Gasteiger partial charge in [-0.1, -0.05) is 12.5 Å². The molecule has 18 heavy (non-hydrogen) atoms. The zero-order chi connectivity index (χ0) is 13.2. The van der Waals surface area contributed by atoms with Crippen molar-refractivity contribution in [2.24, 2.45) is 0 Å². The molecule has 0 aromatic heterocycles. The predicted octanol–water partition coefficient (Wildman–Crippen LogP) is 3.62. The lowest BCUT2D eigenvalue weighted by Gasteiger charge is -2.25. The molecule has 1 aliphatic heterocycles. The van der Waals surface area contributed by atoms with E-state index in [9.17, 15) is 8.78 Å². The standard InChI is InChI=1S/C14H19F2NO/c1-14(15,16)11-9-10(6-7-13(11)18-2)12-5-3-4-8-17-12/h6-7,9,12,17H,3-5,8H2,1-2H3. The Morgan fingerprint density at radius 1 is 1.33 bits per heavy atom.